The van der Waals surface area contributed by atoms with E-state index in [1.54, 1.807) is 0 Å². The fourth-order valence-corrected chi connectivity index (χ4v) is 0.787. The molecule has 0 aromatic heterocycles. The molecule has 0 saturated carbocycles. The van der Waals surface area contributed by atoms with Crippen molar-refractivity contribution in [2.45, 2.75) is 6.36 Å². The Hall–Kier alpha value is -1.59. The molecule has 0 bridgehead atoms. The first-order valence-electron chi connectivity index (χ1n) is 3.45. The third-order valence-electron chi connectivity index (χ3n) is 1.30. The van der Waals surface area contributed by atoms with Gasteiger partial charge < -0.3 is 4.74 Å². The van der Waals surface area contributed by atoms with E-state index in [4.69, 9.17) is 0 Å². The number of ether oxygens (including phenoxy) is 1. The molecule has 0 spiro atoms. The largest absolute Gasteiger partial charge is 0.575 e. The molecule has 0 radical (unpaired) electrons. The zero-order valence-corrected chi connectivity index (χ0v) is 6.64. The first-order chi connectivity index (χ1) is 6.40. The second kappa shape index (κ2) is 3.65. The van der Waals surface area contributed by atoms with Gasteiger partial charge in [0.25, 0.3) is 0 Å². The molecule has 1 aromatic carbocycles. The zero-order valence-electron chi connectivity index (χ0n) is 6.64. The molecule has 1 rings (SSSR count). The molecule has 76 valence electrons. The molecule has 0 heterocycles. The number of alkyl halides is 3. The molecule has 6 heteroatoms. The van der Waals surface area contributed by atoms with E-state index < -0.39 is 23.7 Å². The van der Waals surface area contributed by atoms with E-state index in [0.29, 0.717) is 0 Å². The summed E-state index contributed by atoms with van der Waals surface area (Å²) in [6.07, 6.45) is -5.10. The van der Waals surface area contributed by atoms with E-state index in [1.165, 1.54) is 12.1 Å². The normalized spacial score (nSPS) is 11.1. The van der Waals surface area contributed by atoms with Crippen molar-refractivity contribution >= 4 is 5.97 Å². The highest BCUT2D eigenvalue weighted by molar-refractivity contribution is 5.89. The summed E-state index contributed by atoms with van der Waals surface area (Å²) in [5, 5.41) is 0. The molecule has 0 unspecified atom stereocenters. The first kappa shape index (κ1) is 10.5. The van der Waals surface area contributed by atoms with Crippen LogP contribution in [-0.2, 0) is 4.74 Å². The number of rotatable bonds is 1. The maximum atomic E-state index is 12.7. The van der Waals surface area contributed by atoms with Crippen LogP contribution in [0.1, 0.15) is 10.4 Å². The molecule has 0 aliphatic carbocycles. The average molecular weight is 208 g/mol. The van der Waals surface area contributed by atoms with Crippen molar-refractivity contribution in [3.8, 4) is 0 Å². The van der Waals surface area contributed by atoms with Gasteiger partial charge in [-0.2, -0.15) is 0 Å². The number of carbonyl (C=O) groups is 1. The molecule has 0 amide bonds. The van der Waals surface area contributed by atoms with Gasteiger partial charge in [0.15, 0.2) is 0 Å². The van der Waals surface area contributed by atoms with Gasteiger partial charge in [0, 0.05) is 0 Å². The number of hydrogen-bond acceptors (Lipinski definition) is 2. The van der Waals surface area contributed by atoms with Gasteiger partial charge in [-0.1, -0.05) is 12.1 Å². The van der Waals surface area contributed by atoms with Gasteiger partial charge >= 0.3 is 12.3 Å². The highest BCUT2D eigenvalue weighted by Gasteiger charge is 2.35. The van der Waals surface area contributed by atoms with Crippen molar-refractivity contribution < 1.29 is 27.1 Å². The molecular weight excluding hydrogens is 204 g/mol. The first-order valence-corrected chi connectivity index (χ1v) is 3.45. The fourth-order valence-electron chi connectivity index (χ4n) is 0.787. The van der Waals surface area contributed by atoms with Gasteiger partial charge in [-0.25, -0.2) is 9.18 Å². The van der Waals surface area contributed by atoms with Crippen LogP contribution in [0.25, 0.3) is 0 Å². The summed E-state index contributed by atoms with van der Waals surface area (Å²) < 4.78 is 50.4. The maximum absolute atomic E-state index is 12.7. The Morgan fingerprint density at radius 1 is 1.21 bits per heavy atom. The minimum absolute atomic E-state index is 0.746. The van der Waals surface area contributed by atoms with Crippen LogP contribution < -0.4 is 0 Å². The lowest BCUT2D eigenvalue weighted by molar-refractivity contribution is -0.291. The van der Waals surface area contributed by atoms with Crippen LogP contribution in [0.15, 0.2) is 24.3 Å². The van der Waals surface area contributed by atoms with Crippen LogP contribution in [0, 0.1) is 5.82 Å². The van der Waals surface area contributed by atoms with Gasteiger partial charge in [0.1, 0.15) is 5.82 Å². The van der Waals surface area contributed by atoms with Crippen LogP contribution in [0.2, 0.25) is 0 Å². The summed E-state index contributed by atoms with van der Waals surface area (Å²) in [7, 11) is 0. The molecule has 14 heavy (non-hydrogen) atoms. The van der Waals surface area contributed by atoms with Crippen LogP contribution in [0.4, 0.5) is 17.6 Å². The molecule has 0 aliphatic rings. The monoisotopic (exact) mass is 208 g/mol. The Morgan fingerprint density at radius 3 is 2.29 bits per heavy atom. The lowest BCUT2D eigenvalue weighted by Crippen LogP contribution is -2.20. The van der Waals surface area contributed by atoms with Crippen LogP contribution in [-0.4, -0.2) is 12.3 Å². The highest BCUT2D eigenvalue weighted by atomic mass is 19.4. The van der Waals surface area contributed by atoms with Gasteiger partial charge in [0.05, 0.1) is 5.56 Å². The SMILES string of the molecule is O=C(OC(F)(F)F)c1ccccc1F. The predicted molar refractivity (Wildman–Crippen MR) is 37.9 cm³/mol. The molecule has 0 N–H and O–H groups in total. The Kier molecular flexibility index (Phi) is 2.73. The Morgan fingerprint density at radius 2 is 1.79 bits per heavy atom. The predicted octanol–water partition coefficient (Wildman–Crippen LogP) is 2.50. The van der Waals surface area contributed by atoms with Crippen LogP contribution in [0.3, 0.4) is 0 Å². The number of halogens is 4. The number of hydrogen-bond donors (Lipinski definition) is 0. The van der Waals surface area contributed by atoms with Crippen molar-refractivity contribution in [1.82, 2.24) is 0 Å². The quantitative estimate of drug-likeness (QED) is 0.523. The van der Waals surface area contributed by atoms with Crippen LogP contribution >= 0.6 is 0 Å². The summed E-state index contributed by atoms with van der Waals surface area (Å²) in [5.41, 5.74) is -0.746. The average Bonchev–Trinajstić information content (AvgIpc) is 2.01. The van der Waals surface area contributed by atoms with Crippen molar-refractivity contribution in [3.05, 3.63) is 35.6 Å². The van der Waals surface area contributed by atoms with E-state index in [-0.39, 0.29) is 0 Å². The van der Waals surface area contributed by atoms with Crippen molar-refractivity contribution in [2.75, 3.05) is 0 Å². The maximum Gasteiger partial charge on any atom is 0.575 e. The summed E-state index contributed by atoms with van der Waals surface area (Å²) >= 11 is 0. The molecule has 0 fully saturated rings. The van der Waals surface area contributed by atoms with E-state index in [0.717, 1.165) is 12.1 Å². The van der Waals surface area contributed by atoms with Gasteiger partial charge in [0.2, 0.25) is 0 Å². The Labute approximate surface area is 76.1 Å². The topological polar surface area (TPSA) is 26.3 Å². The Bertz CT molecular complexity index is 345. The van der Waals surface area contributed by atoms with E-state index in [2.05, 4.69) is 4.74 Å². The summed E-state index contributed by atoms with van der Waals surface area (Å²) in [6.45, 7) is 0. The third-order valence-corrected chi connectivity index (χ3v) is 1.30. The molecule has 0 aliphatic heterocycles. The van der Waals surface area contributed by atoms with Gasteiger partial charge in [-0.15, -0.1) is 13.2 Å². The molecule has 2 nitrogen and oxygen atoms in total. The number of carbonyl (C=O) groups excluding carboxylic acids is 1. The summed E-state index contributed by atoms with van der Waals surface area (Å²) in [6, 6.07) is 4.26. The highest BCUT2D eigenvalue weighted by Crippen LogP contribution is 2.19. The van der Waals surface area contributed by atoms with E-state index >= 15 is 0 Å². The van der Waals surface area contributed by atoms with Crippen LogP contribution in [0.5, 0.6) is 0 Å². The van der Waals surface area contributed by atoms with Gasteiger partial charge in [-0.05, 0) is 12.1 Å². The molecule has 0 atom stereocenters. The lowest BCUT2D eigenvalue weighted by atomic mass is 10.2. The molecule has 1 aromatic rings. The second-order valence-corrected chi connectivity index (χ2v) is 2.32. The second-order valence-electron chi connectivity index (χ2n) is 2.32. The molecule has 0 saturated heterocycles. The van der Waals surface area contributed by atoms with Crippen molar-refractivity contribution in [2.24, 2.45) is 0 Å². The molecular formula is C8H4F4O2. The Balaban J connectivity index is 2.86. The smallest absolute Gasteiger partial charge is 0.369 e. The van der Waals surface area contributed by atoms with Gasteiger partial charge in [-0.3, -0.25) is 0 Å². The zero-order chi connectivity index (χ0) is 10.8. The summed E-state index contributed by atoms with van der Waals surface area (Å²) in [4.78, 5) is 10.7. The van der Waals surface area contributed by atoms with E-state index in [1.807, 2.05) is 0 Å². The standard InChI is InChI=1S/C8H4F4O2/c9-6-4-2-1-3-5(6)7(13)14-8(10,11)12/h1-4H. The number of benzene rings is 1. The summed E-state index contributed by atoms with van der Waals surface area (Å²) in [5.74, 6) is -2.81. The van der Waals surface area contributed by atoms with E-state index in [9.17, 15) is 22.4 Å². The van der Waals surface area contributed by atoms with Crippen molar-refractivity contribution in [1.29, 1.82) is 0 Å². The fraction of sp³-hybridized carbons (Fsp3) is 0.125. The third kappa shape index (κ3) is 2.72. The minimum atomic E-state index is -5.10. The minimum Gasteiger partial charge on any atom is -0.369 e. The number of esters is 1. The van der Waals surface area contributed by atoms with Crippen molar-refractivity contribution in [3.63, 3.8) is 0 Å². The lowest BCUT2D eigenvalue weighted by Gasteiger charge is -2.07.